The Morgan fingerprint density at radius 3 is 1.41 bits per heavy atom. The monoisotopic (exact) mass is 301 g/mol. The minimum Gasteiger partial charge on any atom is -0.103 e. The number of rotatable bonds is 17. The molecule has 0 unspecified atom stereocenters. The lowest BCUT2D eigenvalue weighted by atomic mass is 10.1. The molecule has 0 rings (SSSR count). The van der Waals surface area contributed by atoms with Gasteiger partial charge in [0.25, 0.3) is 0 Å². The Hall–Kier alpha value is -1.04. The van der Waals surface area contributed by atoms with Crippen LogP contribution in [0.1, 0.15) is 83.5 Å². The fraction of sp³-hybridized carbons (Fsp3) is 0.591. The van der Waals surface area contributed by atoms with Gasteiger partial charge in [0.05, 0.1) is 0 Å². The summed E-state index contributed by atoms with van der Waals surface area (Å²) in [7, 11) is 0. The summed E-state index contributed by atoms with van der Waals surface area (Å²) in [6, 6.07) is 0. The van der Waals surface area contributed by atoms with E-state index >= 15 is 0 Å². The molecule has 0 saturated heterocycles. The van der Waals surface area contributed by atoms with E-state index in [0.717, 1.165) is 19.3 Å². The lowest BCUT2D eigenvalue weighted by Crippen LogP contribution is -1.81. The van der Waals surface area contributed by atoms with Gasteiger partial charge in [0.1, 0.15) is 0 Å². The first-order valence-corrected chi connectivity index (χ1v) is 9.25. The maximum absolute atomic E-state index is 3.74. The third-order valence-electron chi connectivity index (χ3n) is 3.71. The van der Waals surface area contributed by atoms with Crippen molar-refractivity contribution in [2.45, 2.75) is 83.5 Å². The molecule has 0 heterocycles. The van der Waals surface area contributed by atoms with Crippen molar-refractivity contribution in [3.63, 3.8) is 0 Å². The predicted molar refractivity (Wildman–Crippen MR) is 103 cm³/mol. The first kappa shape index (κ1) is 21.0. The Balaban J connectivity index is 3.09. The van der Waals surface area contributed by atoms with Crippen molar-refractivity contribution in [2.75, 3.05) is 0 Å². The van der Waals surface area contributed by atoms with Gasteiger partial charge in [0.15, 0.2) is 0 Å². The molecule has 0 saturated carbocycles. The van der Waals surface area contributed by atoms with Crippen LogP contribution in [0.15, 0.2) is 49.6 Å². The molecule has 1 radical (unpaired) electrons. The number of unbranched alkanes of at least 4 members (excludes halogenated alkanes) is 11. The Morgan fingerprint density at radius 1 is 0.409 bits per heavy atom. The van der Waals surface area contributed by atoms with E-state index in [1.807, 2.05) is 12.2 Å². The summed E-state index contributed by atoms with van der Waals surface area (Å²) < 4.78 is 0. The average Bonchev–Trinajstić information content (AvgIpc) is 2.54. The zero-order valence-electron chi connectivity index (χ0n) is 14.6. The zero-order valence-corrected chi connectivity index (χ0v) is 14.6. The largest absolute Gasteiger partial charge is 0.103 e. The van der Waals surface area contributed by atoms with Crippen LogP contribution in [0.3, 0.4) is 0 Å². The summed E-state index contributed by atoms with van der Waals surface area (Å²) in [6.45, 7) is 7.47. The fourth-order valence-electron chi connectivity index (χ4n) is 2.31. The second-order valence-electron chi connectivity index (χ2n) is 5.89. The molecule has 22 heavy (non-hydrogen) atoms. The molecule has 0 heteroatoms. The molecule has 0 bridgehead atoms. The summed E-state index contributed by atoms with van der Waals surface area (Å²) in [4.78, 5) is 0. The van der Waals surface area contributed by atoms with Crippen LogP contribution in [-0.2, 0) is 0 Å². The normalized spacial score (nSPS) is 11.5. The lowest BCUT2D eigenvalue weighted by molar-refractivity contribution is 0.674. The molecule has 0 N–H and O–H groups in total. The van der Waals surface area contributed by atoms with E-state index in [9.17, 15) is 0 Å². The summed E-state index contributed by atoms with van der Waals surface area (Å²) in [6.07, 6.45) is 32.0. The first-order valence-electron chi connectivity index (χ1n) is 9.25. The molecule has 0 nitrogen and oxygen atoms in total. The molecular formula is C22H37. The molecule has 0 aromatic carbocycles. The van der Waals surface area contributed by atoms with Gasteiger partial charge >= 0.3 is 0 Å². The smallest absolute Gasteiger partial charge is 0.0316 e. The van der Waals surface area contributed by atoms with Crippen molar-refractivity contribution >= 4 is 0 Å². The molecule has 0 aliphatic carbocycles. The highest BCUT2D eigenvalue weighted by molar-refractivity contribution is 4.84. The van der Waals surface area contributed by atoms with Gasteiger partial charge in [-0.3, -0.25) is 0 Å². The van der Waals surface area contributed by atoms with Crippen LogP contribution in [0.25, 0.3) is 0 Å². The van der Waals surface area contributed by atoms with Crippen LogP contribution < -0.4 is 0 Å². The van der Waals surface area contributed by atoms with Gasteiger partial charge in [-0.05, 0) is 64.2 Å². The highest BCUT2D eigenvalue weighted by Gasteiger charge is 1.91. The van der Waals surface area contributed by atoms with Crippen molar-refractivity contribution in [1.29, 1.82) is 0 Å². The Bertz CT molecular complexity index is 282. The van der Waals surface area contributed by atoms with E-state index in [4.69, 9.17) is 0 Å². The molecule has 0 fully saturated rings. The van der Waals surface area contributed by atoms with Gasteiger partial charge in [0, 0.05) is 0 Å². The van der Waals surface area contributed by atoms with Crippen molar-refractivity contribution < 1.29 is 0 Å². The molecule has 0 aliphatic rings. The predicted octanol–water partition coefficient (Wildman–Crippen LogP) is 7.75. The van der Waals surface area contributed by atoms with Crippen molar-refractivity contribution in [3.05, 3.63) is 56.0 Å². The van der Waals surface area contributed by atoms with E-state index in [1.165, 1.54) is 64.2 Å². The second kappa shape index (κ2) is 20.0. The molecule has 0 spiro atoms. The quantitative estimate of drug-likeness (QED) is 0.190. The summed E-state index contributed by atoms with van der Waals surface area (Å²) in [5.74, 6) is 0. The van der Waals surface area contributed by atoms with Gasteiger partial charge < -0.3 is 0 Å². The second-order valence-corrected chi connectivity index (χ2v) is 5.89. The fourth-order valence-corrected chi connectivity index (χ4v) is 2.31. The molecule has 0 aromatic heterocycles. The Labute approximate surface area is 140 Å². The van der Waals surface area contributed by atoms with Crippen molar-refractivity contribution in [1.82, 2.24) is 0 Å². The van der Waals surface area contributed by atoms with Crippen molar-refractivity contribution in [2.24, 2.45) is 0 Å². The van der Waals surface area contributed by atoms with E-state index in [0.29, 0.717) is 0 Å². The highest BCUT2D eigenvalue weighted by Crippen LogP contribution is 2.10. The van der Waals surface area contributed by atoms with E-state index in [2.05, 4.69) is 43.9 Å². The topological polar surface area (TPSA) is 0 Å². The van der Waals surface area contributed by atoms with Crippen LogP contribution in [0.4, 0.5) is 0 Å². The van der Waals surface area contributed by atoms with Crippen molar-refractivity contribution in [3.8, 4) is 0 Å². The SMILES string of the molecule is C=CCCC=CCCCC[CH]CCCCC=CCCCC=C. The maximum Gasteiger partial charge on any atom is -0.0316 e. The number of hydrogen-bond acceptors (Lipinski definition) is 0. The van der Waals surface area contributed by atoms with E-state index in [-0.39, 0.29) is 0 Å². The molecule has 0 atom stereocenters. The number of allylic oxidation sites excluding steroid dienone is 6. The zero-order chi connectivity index (χ0) is 16.1. The molecule has 0 amide bonds. The summed E-state index contributed by atoms with van der Waals surface area (Å²) in [5, 5.41) is 0. The summed E-state index contributed by atoms with van der Waals surface area (Å²) in [5.41, 5.74) is 0. The number of hydrogen-bond donors (Lipinski definition) is 0. The Kier molecular flexibility index (Phi) is 19.0. The molecule has 0 aliphatic heterocycles. The third-order valence-corrected chi connectivity index (χ3v) is 3.71. The van der Waals surface area contributed by atoms with Gasteiger partial charge in [-0.1, -0.05) is 62.1 Å². The van der Waals surface area contributed by atoms with Gasteiger partial charge in [0.2, 0.25) is 0 Å². The van der Waals surface area contributed by atoms with Crippen LogP contribution in [-0.4, -0.2) is 0 Å². The van der Waals surface area contributed by atoms with E-state index < -0.39 is 0 Å². The van der Waals surface area contributed by atoms with Gasteiger partial charge in [-0.15, -0.1) is 13.2 Å². The third kappa shape index (κ3) is 19.0. The molecular weight excluding hydrogens is 264 g/mol. The van der Waals surface area contributed by atoms with Gasteiger partial charge in [-0.2, -0.15) is 0 Å². The Morgan fingerprint density at radius 2 is 0.864 bits per heavy atom. The minimum absolute atomic E-state index is 1.11. The van der Waals surface area contributed by atoms with Crippen LogP contribution >= 0.6 is 0 Å². The van der Waals surface area contributed by atoms with Crippen LogP contribution in [0, 0.1) is 6.42 Å². The highest BCUT2D eigenvalue weighted by atomic mass is 14.0. The van der Waals surface area contributed by atoms with Crippen LogP contribution in [0.2, 0.25) is 0 Å². The standard InChI is InChI=1S/C22H37/c1-3-5-7-9-11-13-15-17-19-21-22-20-18-16-14-12-10-8-6-4-2/h3-4,9,11-12,14,21H,1-2,5-8,10,13,15-20,22H2. The first-order chi connectivity index (χ1) is 10.9. The van der Waals surface area contributed by atoms with E-state index in [1.54, 1.807) is 0 Å². The lowest BCUT2D eigenvalue weighted by Gasteiger charge is -2.00. The summed E-state index contributed by atoms with van der Waals surface area (Å²) >= 11 is 0. The molecule has 0 aromatic rings. The van der Waals surface area contributed by atoms with Gasteiger partial charge in [-0.25, -0.2) is 0 Å². The average molecular weight is 302 g/mol. The van der Waals surface area contributed by atoms with Crippen LogP contribution in [0.5, 0.6) is 0 Å². The minimum atomic E-state index is 1.11. The maximum atomic E-state index is 3.74. The molecule has 125 valence electrons.